The van der Waals surface area contributed by atoms with Crippen molar-refractivity contribution >= 4 is 23.1 Å². The highest BCUT2D eigenvalue weighted by Gasteiger charge is 2.41. The van der Waals surface area contributed by atoms with Gasteiger partial charge >= 0.3 is 5.97 Å². The standard InChI is InChI=1S/C17H16FN3O2S.H2/c1-10-13(16(22)23-3)17(2,11-4-6-12(18)7-5-11)21-14(20-10)15-19-8-9-24-15;/h4-9H,1-3H3,(H,20,21);1H/t17-;/m0./s1. The number of hydrogen-bond donors (Lipinski definition) is 1. The molecular formula is C17H18FN3O2S. The Morgan fingerprint density at radius 3 is 2.67 bits per heavy atom. The minimum Gasteiger partial charge on any atom is -0.466 e. The lowest BCUT2D eigenvalue weighted by atomic mass is 9.82. The fraction of sp³-hybridized carbons (Fsp3) is 0.235. The summed E-state index contributed by atoms with van der Waals surface area (Å²) in [4.78, 5) is 21.3. The predicted molar refractivity (Wildman–Crippen MR) is 92.4 cm³/mol. The van der Waals surface area contributed by atoms with Crippen molar-refractivity contribution in [3.05, 3.63) is 63.5 Å². The molecule has 7 heteroatoms. The Morgan fingerprint density at radius 1 is 1.38 bits per heavy atom. The van der Waals surface area contributed by atoms with Crippen LogP contribution in [0.2, 0.25) is 0 Å². The third kappa shape index (κ3) is 2.71. The van der Waals surface area contributed by atoms with E-state index in [1.807, 2.05) is 12.3 Å². The average Bonchev–Trinajstić information content (AvgIpc) is 3.09. The highest BCUT2D eigenvalue weighted by atomic mass is 32.1. The van der Waals surface area contributed by atoms with Crippen LogP contribution in [0.15, 0.2) is 52.1 Å². The quantitative estimate of drug-likeness (QED) is 0.866. The lowest BCUT2D eigenvalue weighted by Gasteiger charge is -2.33. The number of amidine groups is 1. The number of ether oxygens (including phenoxy) is 1. The summed E-state index contributed by atoms with van der Waals surface area (Å²) in [5, 5.41) is 5.69. The molecule has 0 fully saturated rings. The molecule has 1 N–H and O–H groups in total. The number of carbonyl (C=O) groups is 1. The number of aliphatic imine (C=N–C) groups is 1. The molecule has 1 aliphatic rings. The van der Waals surface area contributed by atoms with Gasteiger partial charge in [-0.2, -0.15) is 0 Å². The first-order valence-corrected chi connectivity index (χ1v) is 8.16. The number of hydrogen-bond acceptors (Lipinski definition) is 6. The zero-order valence-electron chi connectivity index (χ0n) is 13.5. The summed E-state index contributed by atoms with van der Waals surface area (Å²) in [5.41, 5.74) is 0.710. The lowest BCUT2D eigenvalue weighted by Crippen LogP contribution is -2.40. The second-order valence-corrected chi connectivity index (χ2v) is 6.39. The van der Waals surface area contributed by atoms with E-state index in [4.69, 9.17) is 9.73 Å². The van der Waals surface area contributed by atoms with E-state index in [0.29, 0.717) is 27.7 Å². The molecule has 0 spiro atoms. The van der Waals surface area contributed by atoms with Gasteiger partial charge in [0.2, 0.25) is 0 Å². The molecular weight excluding hydrogens is 329 g/mol. The molecule has 0 radical (unpaired) electrons. The number of aromatic nitrogens is 1. The van der Waals surface area contributed by atoms with Gasteiger partial charge in [0.15, 0.2) is 10.8 Å². The van der Waals surface area contributed by atoms with Gasteiger partial charge < -0.3 is 10.1 Å². The number of benzene rings is 1. The van der Waals surface area contributed by atoms with Gasteiger partial charge in [0.05, 0.1) is 12.7 Å². The predicted octanol–water partition coefficient (Wildman–Crippen LogP) is 3.24. The van der Waals surface area contributed by atoms with Gasteiger partial charge in [0, 0.05) is 18.7 Å². The van der Waals surface area contributed by atoms with E-state index in [9.17, 15) is 9.18 Å². The zero-order valence-corrected chi connectivity index (χ0v) is 14.3. The topological polar surface area (TPSA) is 63.6 Å². The summed E-state index contributed by atoms with van der Waals surface area (Å²) in [6.45, 7) is 3.60. The molecule has 0 amide bonds. The first kappa shape index (κ1) is 16.3. The molecule has 0 unspecified atom stereocenters. The molecule has 0 saturated carbocycles. The van der Waals surface area contributed by atoms with Crippen LogP contribution in [-0.4, -0.2) is 23.9 Å². The number of esters is 1. The molecule has 5 nitrogen and oxygen atoms in total. The Morgan fingerprint density at radius 2 is 2.08 bits per heavy atom. The fourth-order valence-corrected chi connectivity index (χ4v) is 3.37. The van der Waals surface area contributed by atoms with Crippen LogP contribution in [0, 0.1) is 5.82 Å². The van der Waals surface area contributed by atoms with E-state index in [0.717, 1.165) is 0 Å². The molecule has 126 valence electrons. The number of allylic oxidation sites excluding steroid dienone is 1. The van der Waals surface area contributed by atoms with Gasteiger partial charge in [0.25, 0.3) is 0 Å². The molecule has 2 heterocycles. The first-order chi connectivity index (χ1) is 11.5. The summed E-state index contributed by atoms with van der Waals surface area (Å²) in [7, 11) is 1.33. The van der Waals surface area contributed by atoms with Gasteiger partial charge in [-0.1, -0.05) is 12.1 Å². The van der Waals surface area contributed by atoms with Crippen LogP contribution in [0.25, 0.3) is 0 Å². The zero-order chi connectivity index (χ0) is 17.3. The molecule has 1 atom stereocenters. The molecule has 1 aliphatic heterocycles. The van der Waals surface area contributed by atoms with Gasteiger partial charge in [-0.3, -0.25) is 0 Å². The minimum absolute atomic E-state index is 0. The molecule has 24 heavy (non-hydrogen) atoms. The van der Waals surface area contributed by atoms with E-state index in [1.54, 1.807) is 25.3 Å². The van der Waals surface area contributed by atoms with Crippen LogP contribution in [0.4, 0.5) is 4.39 Å². The molecule has 3 rings (SSSR count). The Balaban J connectivity index is 0.00000225. The molecule has 0 bridgehead atoms. The van der Waals surface area contributed by atoms with Crippen LogP contribution in [0.5, 0.6) is 0 Å². The lowest BCUT2D eigenvalue weighted by molar-refractivity contribution is -0.137. The SMILES string of the molecule is COC(=O)C1=C(C)NC(c2nccs2)=N[C@@]1(C)c1ccc(F)cc1.[HH]. The normalized spacial score (nSPS) is 20.4. The monoisotopic (exact) mass is 347 g/mol. The van der Waals surface area contributed by atoms with Crippen LogP contribution < -0.4 is 5.32 Å². The van der Waals surface area contributed by atoms with Crippen molar-refractivity contribution in [2.45, 2.75) is 19.4 Å². The van der Waals surface area contributed by atoms with E-state index in [2.05, 4.69) is 10.3 Å². The maximum absolute atomic E-state index is 13.3. The van der Waals surface area contributed by atoms with Gasteiger partial charge in [-0.25, -0.2) is 19.2 Å². The van der Waals surface area contributed by atoms with Gasteiger partial charge in [0.1, 0.15) is 11.4 Å². The summed E-state index contributed by atoms with van der Waals surface area (Å²) >= 11 is 1.44. The number of methoxy groups -OCH3 is 1. The maximum Gasteiger partial charge on any atom is 0.338 e. The van der Waals surface area contributed by atoms with E-state index < -0.39 is 11.5 Å². The smallest absolute Gasteiger partial charge is 0.338 e. The Labute approximate surface area is 144 Å². The summed E-state index contributed by atoms with van der Waals surface area (Å²) in [6, 6.07) is 5.95. The maximum atomic E-state index is 13.3. The summed E-state index contributed by atoms with van der Waals surface area (Å²) in [6.07, 6.45) is 1.69. The number of rotatable bonds is 3. The number of nitrogens with one attached hydrogen (secondary N) is 1. The van der Waals surface area contributed by atoms with Crippen molar-refractivity contribution in [3.63, 3.8) is 0 Å². The van der Waals surface area contributed by atoms with E-state index in [-0.39, 0.29) is 7.24 Å². The number of nitrogens with zero attached hydrogens (tertiary/aromatic N) is 2. The van der Waals surface area contributed by atoms with Crippen molar-refractivity contribution < 1.29 is 15.3 Å². The van der Waals surface area contributed by atoms with Crippen LogP contribution >= 0.6 is 11.3 Å². The first-order valence-electron chi connectivity index (χ1n) is 7.28. The summed E-state index contributed by atoms with van der Waals surface area (Å²) < 4.78 is 18.3. The van der Waals surface area contributed by atoms with Gasteiger partial charge in [-0.15, -0.1) is 11.3 Å². The van der Waals surface area contributed by atoms with Crippen molar-refractivity contribution in [2.75, 3.05) is 7.11 Å². The third-order valence-corrected chi connectivity index (χ3v) is 4.71. The van der Waals surface area contributed by atoms with E-state index >= 15 is 0 Å². The second kappa shape index (κ2) is 6.16. The van der Waals surface area contributed by atoms with Crippen molar-refractivity contribution in [3.8, 4) is 0 Å². The van der Waals surface area contributed by atoms with Crippen molar-refractivity contribution in [1.82, 2.24) is 10.3 Å². The molecule has 0 saturated heterocycles. The summed E-state index contributed by atoms with van der Waals surface area (Å²) in [5.74, 6) is -0.253. The number of carbonyl (C=O) groups excluding carboxylic acids is 1. The Hall–Kier alpha value is -2.54. The molecule has 1 aromatic carbocycles. The average molecular weight is 347 g/mol. The highest BCUT2D eigenvalue weighted by Crippen LogP contribution is 2.38. The van der Waals surface area contributed by atoms with Crippen LogP contribution in [0.1, 0.15) is 25.8 Å². The number of halogens is 1. The van der Waals surface area contributed by atoms with E-state index in [1.165, 1.54) is 30.6 Å². The fourth-order valence-electron chi connectivity index (χ4n) is 2.79. The van der Waals surface area contributed by atoms with Crippen molar-refractivity contribution in [1.29, 1.82) is 0 Å². The second-order valence-electron chi connectivity index (χ2n) is 5.49. The molecule has 0 aliphatic carbocycles. The van der Waals surface area contributed by atoms with Crippen molar-refractivity contribution in [2.24, 2.45) is 4.99 Å². The molecule has 1 aromatic heterocycles. The third-order valence-electron chi connectivity index (χ3n) is 3.93. The highest BCUT2D eigenvalue weighted by molar-refractivity contribution is 7.11. The Kier molecular flexibility index (Phi) is 4.19. The van der Waals surface area contributed by atoms with Gasteiger partial charge in [-0.05, 0) is 31.5 Å². The van der Waals surface area contributed by atoms with Crippen LogP contribution in [0.3, 0.4) is 0 Å². The Bertz CT molecular complexity index is 834. The minimum atomic E-state index is -1.00. The number of thiazole rings is 1. The van der Waals surface area contributed by atoms with Crippen LogP contribution in [-0.2, 0) is 15.1 Å². The molecule has 2 aromatic rings. The largest absolute Gasteiger partial charge is 0.466 e.